The molecule has 1 aliphatic carbocycles. The van der Waals surface area contributed by atoms with Gasteiger partial charge in [-0.1, -0.05) is 12.2 Å². The molecule has 0 saturated carbocycles. The van der Waals surface area contributed by atoms with Gasteiger partial charge in [0.05, 0.1) is 5.69 Å². The molecule has 4 heteroatoms. The molecule has 1 aliphatic heterocycles. The number of hydrogen-bond acceptors (Lipinski definition) is 3. The molecular formula is C21H25N3O. The Kier molecular flexibility index (Phi) is 4.68. The summed E-state index contributed by atoms with van der Waals surface area (Å²) in [7, 11) is 0. The van der Waals surface area contributed by atoms with Gasteiger partial charge in [-0.25, -0.2) is 0 Å². The smallest absolute Gasteiger partial charge is 0.227 e. The Labute approximate surface area is 148 Å². The highest BCUT2D eigenvalue weighted by Crippen LogP contribution is 2.33. The molecule has 4 rings (SSSR count). The van der Waals surface area contributed by atoms with Crippen molar-refractivity contribution in [3.63, 3.8) is 0 Å². The van der Waals surface area contributed by atoms with Crippen LogP contribution in [0.1, 0.15) is 38.5 Å². The van der Waals surface area contributed by atoms with Gasteiger partial charge in [0.1, 0.15) is 0 Å². The number of fused-ring (bicyclic) bond motifs is 1. The molecule has 1 atom stereocenters. The van der Waals surface area contributed by atoms with Crippen LogP contribution in [0, 0.1) is 5.92 Å². The Morgan fingerprint density at radius 1 is 1.08 bits per heavy atom. The van der Waals surface area contributed by atoms with Crippen LogP contribution in [-0.2, 0) is 4.79 Å². The summed E-state index contributed by atoms with van der Waals surface area (Å²) in [6, 6.07) is 6.27. The van der Waals surface area contributed by atoms with Crippen LogP contribution in [-0.4, -0.2) is 24.0 Å². The van der Waals surface area contributed by atoms with Gasteiger partial charge >= 0.3 is 0 Å². The molecule has 1 aromatic carbocycles. The third-order valence-electron chi connectivity index (χ3n) is 5.39. The van der Waals surface area contributed by atoms with Crippen molar-refractivity contribution in [1.29, 1.82) is 0 Å². The number of benzene rings is 1. The van der Waals surface area contributed by atoms with E-state index in [-0.39, 0.29) is 11.8 Å². The predicted molar refractivity (Wildman–Crippen MR) is 103 cm³/mol. The molecule has 1 fully saturated rings. The van der Waals surface area contributed by atoms with Crippen molar-refractivity contribution in [2.24, 2.45) is 5.92 Å². The molecule has 0 spiro atoms. The predicted octanol–water partition coefficient (Wildman–Crippen LogP) is 4.52. The Balaban J connectivity index is 1.64. The summed E-state index contributed by atoms with van der Waals surface area (Å²) < 4.78 is 0. The molecule has 1 amide bonds. The van der Waals surface area contributed by atoms with E-state index in [0.29, 0.717) is 0 Å². The Hall–Kier alpha value is -2.36. The number of carbonyl (C=O) groups excluding carboxylic acids is 1. The van der Waals surface area contributed by atoms with Crippen LogP contribution in [0.2, 0.25) is 0 Å². The fraction of sp³-hybridized carbons (Fsp3) is 0.429. The first-order chi connectivity index (χ1) is 12.3. The Bertz CT molecular complexity index is 793. The van der Waals surface area contributed by atoms with Crippen LogP contribution in [0.15, 0.2) is 42.7 Å². The summed E-state index contributed by atoms with van der Waals surface area (Å²) in [6.07, 6.45) is 14.6. The zero-order chi connectivity index (χ0) is 17.1. The standard InChI is InChI=1S/C21H25N3O/c25-21(16-7-3-1-4-8-16)23-19-9-10-20(24-13-5-2-6-14-24)17-11-12-22-15-18(17)19/h1,3,9-12,15-16H,2,4-8,13-14H2,(H,23,25). The number of rotatable bonds is 3. The normalized spacial score (nSPS) is 20.6. The lowest BCUT2D eigenvalue weighted by atomic mass is 9.93. The van der Waals surface area contributed by atoms with E-state index in [1.807, 2.05) is 18.5 Å². The Morgan fingerprint density at radius 3 is 2.76 bits per heavy atom. The first kappa shape index (κ1) is 16.1. The maximum absolute atomic E-state index is 12.6. The van der Waals surface area contributed by atoms with E-state index >= 15 is 0 Å². The van der Waals surface area contributed by atoms with Gasteiger partial charge in [0, 0.05) is 47.9 Å². The topological polar surface area (TPSA) is 45.2 Å². The number of anilines is 2. The van der Waals surface area contributed by atoms with Crippen LogP contribution < -0.4 is 10.2 Å². The average Bonchev–Trinajstić information content (AvgIpc) is 2.69. The zero-order valence-electron chi connectivity index (χ0n) is 14.6. The van der Waals surface area contributed by atoms with E-state index in [2.05, 4.69) is 39.5 Å². The van der Waals surface area contributed by atoms with E-state index in [9.17, 15) is 4.79 Å². The summed E-state index contributed by atoms with van der Waals surface area (Å²) in [5.41, 5.74) is 2.14. The van der Waals surface area contributed by atoms with Crippen LogP contribution in [0.3, 0.4) is 0 Å². The highest BCUT2D eigenvalue weighted by atomic mass is 16.1. The number of pyridine rings is 1. The van der Waals surface area contributed by atoms with Crippen molar-refractivity contribution in [2.75, 3.05) is 23.3 Å². The maximum atomic E-state index is 12.6. The zero-order valence-corrected chi connectivity index (χ0v) is 14.6. The molecular weight excluding hydrogens is 310 g/mol. The largest absolute Gasteiger partial charge is 0.371 e. The summed E-state index contributed by atoms with van der Waals surface area (Å²) in [4.78, 5) is 19.4. The number of nitrogens with zero attached hydrogens (tertiary/aromatic N) is 2. The van der Waals surface area contributed by atoms with Crippen LogP contribution in [0.4, 0.5) is 11.4 Å². The van der Waals surface area contributed by atoms with E-state index < -0.39 is 0 Å². The number of allylic oxidation sites excluding steroid dienone is 2. The van der Waals surface area contributed by atoms with Crippen molar-refractivity contribution in [1.82, 2.24) is 4.98 Å². The van der Waals surface area contributed by atoms with Gasteiger partial charge in [-0.2, -0.15) is 0 Å². The van der Waals surface area contributed by atoms with Gasteiger partial charge in [-0.05, 0) is 56.7 Å². The van der Waals surface area contributed by atoms with E-state index in [1.165, 1.54) is 30.3 Å². The lowest BCUT2D eigenvalue weighted by molar-refractivity contribution is -0.120. The molecule has 4 nitrogen and oxygen atoms in total. The van der Waals surface area contributed by atoms with Crippen molar-refractivity contribution >= 4 is 28.1 Å². The summed E-state index contributed by atoms with van der Waals surface area (Å²) in [6.45, 7) is 2.22. The van der Waals surface area contributed by atoms with Gasteiger partial charge in [-0.3, -0.25) is 9.78 Å². The van der Waals surface area contributed by atoms with Crippen LogP contribution in [0.5, 0.6) is 0 Å². The molecule has 1 unspecified atom stereocenters. The first-order valence-electron chi connectivity index (χ1n) is 9.40. The monoisotopic (exact) mass is 335 g/mol. The third-order valence-corrected chi connectivity index (χ3v) is 5.39. The summed E-state index contributed by atoms with van der Waals surface area (Å²) in [5, 5.41) is 5.37. The van der Waals surface area contributed by atoms with Crippen molar-refractivity contribution in [3.8, 4) is 0 Å². The van der Waals surface area contributed by atoms with Crippen molar-refractivity contribution in [3.05, 3.63) is 42.7 Å². The lowest BCUT2D eigenvalue weighted by Crippen LogP contribution is -2.29. The molecule has 130 valence electrons. The molecule has 2 heterocycles. The highest BCUT2D eigenvalue weighted by molar-refractivity contribution is 6.06. The number of aromatic nitrogens is 1. The minimum absolute atomic E-state index is 0.0819. The van der Waals surface area contributed by atoms with E-state index in [0.717, 1.165) is 43.4 Å². The molecule has 1 saturated heterocycles. The second-order valence-corrected chi connectivity index (χ2v) is 7.07. The van der Waals surface area contributed by atoms with Gasteiger partial charge in [0.2, 0.25) is 5.91 Å². The Morgan fingerprint density at radius 2 is 1.96 bits per heavy atom. The molecule has 2 aliphatic rings. The summed E-state index contributed by atoms with van der Waals surface area (Å²) in [5.74, 6) is 0.207. The van der Waals surface area contributed by atoms with Crippen LogP contribution >= 0.6 is 0 Å². The molecule has 0 bridgehead atoms. The van der Waals surface area contributed by atoms with Gasteiger partial charge in [-0.15, -0.1) is 0 Å². The second kappa shape index (κ2) is 7.26. The number of amides is 1. The lowest BCUT2D eigenvalue weighted by Gasteiger charge is -2.30. The number of nitrogens with one attached hydrogen (secondary N) is 1. The molecule has 0 radical (unpaired) electrons. The minimum atomic E-state index is 0.0819. The number of piperidine rings is 1. The van der Waals surface area contributed by atoms with E-state index in [1.54, 1.807) is 0 Å². The SMILES string of the molecule is O=C(Nc1ccc(N2CCCCC2)c2ccncc12)C1CC=CCC1. The fourth-order valence-corrected chi connectivity index (χ4v) is 3.96. The highest BCUT2D eigenvalue weighted by Gasteiger charge is 2.20. The maximum Gasteiger partial charge on any atom is 0.227 e. The first-order valence-corrected chi connectivity index (χ1v) is 9.40. The quantitative estimate of drug-likeness (QED) is 0.839. The molecule has 25 heavy (non-hydrogen) atoms. The third kappa shape index (κ3) is 3.39. The second-order valence-electron chi connectivity index (χ2n) is 7.07. The van der Waals surface area contributed by atoms with E-state index in [4.69, 9.17) is 0 Å². The van der Waals surface area contributed by atoms with Crippen molar-refractivity contribution in [2.45, 2.75) is 38.5 Å². The average molecular weight is 335 g/mol. The van der Waals surface area contributed by atoms with Crippen molar-refractivity contribution < 1.29 is 4.79 Å². The van der Waals surface area contributed by atoms with Gasteiger partial charge in [0.15, 0.2) is 0 Å². The fourth-order valence-electron chi connectivity index (χ4n) is 3.96. The number of hydrogen-bond donors (Lipinski definition) is 1. The van der Waals surface area contributed by atoms with Crippen LogP contribution in [0.25, 0.3) is 10.8 Å². The number of carbonyl (C=O) groups is 1. The summed E-state index contributed by atoms with van der Waals surface area (Å²) >= 11 is 0. The van der Waals surface area contributed by atoms with Gasteiger partial charge < -0.3 is 10.2 Å². The minimum Gasteiger partial charge on any atom is -0.371 e. The molecule has 1 aromatic heterocycles. The molecule has 2 aromatic rings. The molecule has 1 N–H and O–H groups in total. The van der Waals surface area contributed by atoms with Gasteiger partial charge in [0.25, 0.3) is 0 Å².